The Bertz CT molecular complexity index is 1760. The fourth-order valence-electron chi connectivity index (χ4n) is 5.03. The summed E-state index contributed by atoms with van der Waals surface area (Å²) in [4.78, 5) is 4.52. The third kappa shape index (κ3) is 5.56. The molecule has 1 aliphatic carbocycles. The van der Waals surface area contributed by atoms with Crippen LogP contribution < -0.4 is 10.6 Å². The van der Waals surface area contributed by atoms with Crippen molar-refractivity contribution in [2.75, 3.05) is 10.6 Å². The highest BCUT2D eigenvalue weighted by molar-refractivity contribution is 6.42. The van der Waals surface area contributed by atoms with Crippen molar-refractivity contribution in [2.45, 2.75) is 44.3 Å². The predicted molar refractivity (Wildman–Crippen MR) is 165 cm³/mol. The highest BCUT2D eigenvalue weighted by Crippen LogP contribution is 2.40. The van der Waals surface area contributed by atoms with E-state index in [1.807, 2.05) is 53.3 Å². The van der Waals surface area contributed by atoms with E-state index in [0.717, 1.165) is 35.8 Å². The molecule has 2 N–H and O–H groups in total. The Balaban J connectivity index is 1.45. The first-order chi connectivity index (χ1) is 20.0. The van der Waals surface area contributed by atoms with Crippen LogP contribution >= 0.6 is 34.8 Å². The third-order valence-corrected chi connectivity index (χ3v) is 8.44. The molecule has 10 heteroatoms. The first kappa shape index (κ1) is 27.3. The highest BCUT2D eigenvalue weighted by atomic mass is 35.5. The molecule has 0 saturated heterocycles. The van der Waals surface area contributed by atoms with Crippen molar-refractivity contribution in [3.05, 3.63) is 111 Å². The second-order valence-electron chi connectivity index (χ2n) is 10.1. The van der Waals surface area contributed by atoms with Crippen molar-refractivity contribution in [3.8, 4) is 6.07 Å². The van der Waals surface area contributed by atoms with Crippen LogP contribution in [0, 0.1) is 11.3 Å². The van der Waals surface area contributed by atoms with Crippen LogP contribution in [0.25, 0.3) is 10.9 Å². The van der Waals surface area contributed by atoms with Crippen LogP contribution in [0.5, 0.6) is 0 Å². The summed E-state index contributed by atoms with van der Waals surface area (Å²) in [7, 11) is 0. The van der Waals surface area contributed by atoms with Crippen molar-refractivity contribution < 1.29 is 0 Å². The molecule has 41 heavy (non-hydrogen) atoms. The standard InChI is InChI=1S/C31H26Cl3N7/c1-2-26(18-7-4-3-5-8-18)38-29-19(15-35)16-36-30-23(29)13-20(14-25(30)33)37-31(22-9-6-10-24(32)28(22)34)27-17-41(40-39-27)21-11-12-21/h3-10,13-14,16-17,21,26,31,37H,2,11-12H2,1H3,(H,36,38). The Labute approximate surface area is 253 Å². The van der Waals surface area contributed by atoms with E-state index in [-0.39, 0.29) is 6.04 Å². The number of pyridine rings is 1. The first-order valence-electron chi connectivity index (χ1n) is 13.4. The van der Waals surface area contributed by atoms with Gasteiger partial charge in [-0.2, -0.15) is 5.26 Å². The van der Waals surface area contributed by atoms with Gasteiger partial charge in [0.05, 0.1) is 56.2 Å². The molecule has 1 aliphatic rings. The molecule has 0 aliphatic heterocycles. The Hall–Kier alpha value is -3.83. The van der Waals surface area contributed by atoms with Crippen LogP contribution in [0.1, 0.15) is 66.7 Å². The van der Waals surface area contributed by atoms with Crippen LogP contribution in [0.15, 0.2) is 73.1 Å². The minimum absolute atomic E-state index is 0.0141. The summed E-state index contributed by atoms with van der Waals surface area (Å²) in [5.41, 5.74) is 5.00. The zero-order chi connectivity index (χ0) is 28.5. The number of nitrogens with one attached hydrogen (secondary N) is 2. The number of aromatic nitrogens is 4. The molecule has 0 bridgehead atoms. The molecular weight excluding hydrogens is 577 g/mol. The van der Waals surface area contributed by atoms with E-state index in [1.54, 1.807) is 12.3 Å². The van der Waals surface area contributed by atoms with E-state index >= 15 is 0 Å². The van der Waals surface area contributed by atoms with E-state index in [2.05, 4.69) is 51.1 Å². The summed E-state index contributed by atoms with van der Waals surface area (Å²) in [6.45, 7) is 2.11. The van der Waals surface area contributed by atoms with Gasteiger partial charge in [-0.1, -0.05) is 89.4 Å². The summed E-state index contributed by atoms with van der Waals surface area (Å²) in [6.07, 6.45) is 6.50. The molecule has 1 saturated carbocycles. The summed E-state index contributed by atoms with van der Waals surface area (Å²) in [6, 6.07) is 21.6. The van der Waals surface area contributed by atoms with Gasteiger partial charge < -0.3 is 10.6 Å². The van der Waals surface area contributed by atoms with Gasteiger partial charge in [0.1, 0.15) is 11.8 Å². The van der Waals surface area contributed by atoms with Crippen LogP contribution in [0.4, 0.5) is 11.4 Å². The van der Waals surface area contributed by atoms with Crippen molar-refractivity contribution >= 4 is 57.1 Å². The van der Waals surface area contributed by atoms with E-state index in [0.29, 0.717) is 49.3 Å². The molecule has 2 heterocycles. The van der Waals surface area contributed by atoms with Gasteiger partial charge >= 0.3 is 0 Å². The van der Waals surface area contributed by atoms with E-state index in [1.165, 1.54) is 0 Å². The van der Waals surface area contributed by atoms with Gasteiger partial charge in [-0.15, -0.1) is 5.10 Å². The smallest absolute Gasteiger partial charge is 0.110 e. The number of halogens is 3. The number of fused-ring (bicyclic) bond motifs is 1. The number of benzene rings is 3. The lowest BCUT2D eigenvalue weighted by atomic mass is 10.0. The molecule has 6 rings (SSSR count). The van der Waals surface area contributed by atoms with E-state index in [4.69, 9.17) is 34.8 Å². The fraction of sp³-hybridized carbons (Fsp3) is 0.226. The second kappa shape index (κ2) is 11.6. The van der Waals surface area contributed by atoms with Crippen molar-refractivity contribution in [1.82, 2.24) is 20.0 Å². The first-order valence-corrected chi connectivity index (χ1v) is 14.6. The van der Waals surface area contributed by atoms with Gasteiger partial charge in [-0.05, 0) is 43.0 Å². The normalized spacial score (nSPS) is 14.4. The SMILES string of the molecule is CCC(Nc1c(C#N)cnc2c(Cl)cc(NC(c3cn(C4CC4)nn3)c3cccc(Cl)c3Cl)cc12)c1ccccc1. The maximum atomic E-state index is 10.0. The van der Waals surface area contributed by atoms with Gasteiger partial charge in [0.15, 0.2) is 0 Å². The van der Waals surface area contributed by atoms with Gasteiger partial charge in [0, 0.05) is 22.8 Å². The molecule has 7 nitrogen and oxygen atoms in total. The maximum absolute atomic E-state index is 10.0. The lowest BCUT2D eigenvalue weighted by molar-refractivity contribution is 0.610. The van der Waals surface area contributed by atoms with Crippen LogP contribution in [0.3, 0.4) is 0 Å². The summed E-state index contributed by atoms with van der Waals surface area (Å²) >= 11 is 19.9. The quantitative estimate of drug-likeness (QED) is 0.175. The molecular formula is C31H26Cl3N7. The average molecular weight is 603 g/mol. The molecule has 5 aromatic rings. The minimum Gasteiger partial charge on any atom is -0.377 e. The van der Waals surface area contributed by atoms with Gasteiger partial charge in [0.2, 0.25) is 0 Å². The molecule has 2 aromatic heterocycles. The molecule has 0 radical (unpaired) electrons. The van der Waals surface area contributed by atoms with Crippen LogP contribution in [-0.4, -0.2) is 20.0 Å². The number of rotatable bonds is 9. The number of nitrogens with zero attached hydrogens (tertiary/aromatic N) is 5. The van der Waals surface area contributed by atoms with Gasteiger partial charge in [-0.25, -0.2) is 4.68 Å². The lowest BCUT2D eigenvalue weighted by Crippen LogP contribution is -2.14. The molecule has 3 aromatic carbocycles. The fourth-order valence-corrected chi connectivity index (χ4v) is 5.71. The summed E-state index contributed by atoms with van der Waals surface area (Å²) in [5, 5.41) is 28.1. The molecule has 0 amide bonds. The number of hydrogen-bond donors (Lipinski definition) is 2. The number of anilines is 2. The lowest BCUT2D eigenvalue weighted by Gasteiger charge is -2.23. The maximum Gasteiger partial charge on any atom is 0.110 e. The van der Waals surface area contributed by atoms with Crippen LogP contribution in [-0.2, 0) is 0 Å². The minimum atomic E-state index is -0.460. The van der Waals surface area contributed by atoms with E-state index < -0.39 is 6.04 Å². The van der Waals surface area contributed by atoms with Crippen LogP contribution in [0.2, 0.25) is 15.1 Å². The highest BCUT2D eigenvalue weighted by Gasteiger charge is 2.28. The van der Waals surface area contributed by atoms with Crippen molar-refractivity contribution in [2.24, 2.45) is 0 Å². The van der Waals surface area contributed by atoms with Crippen molar-refractivity contribution in [1.29, 1.82) is 5.26 Å². The number of hydrogen-bond acceptors (Lipinski definition) is 6. The van der Waals surface area contributed by atoms with Crippen molar-refractivity contribution in [3.63, 3.8) is 0 Å². The Morgan fingerprint density at radius 3 is 2.56 bits per heavy atom. The molecule has 2 unspecified atom stereocenters. The number of nitriles is 1. The average Bonchev–Trinajstić information content (AvgIpc) is 3.73. The Morgan fingerprint density at radius 1 is 1.02 bits per heavy atom. The molecule has 0 spiro atoms. The van der Waals surface area contributed by atoms with E-state index in [9.17, 15) is 5.26 Å². The zero-order valence-corrected chi connectivity index (χ0v) is 24.4. The summed E-state index contributed by atoms with van der Waals surface area (Å²) in [5.74, 6) is 0. The zero-order valence-electron chi connectivity index (χ0n) is 22.2. The molecule has 206 valence electrons. The Kier molecular flexibility index (Phi) is 7.72. The topological polar surface area (TPSA) is 91.5 Å². The van der Waals surface area contributed by atoms with Gasteiger partial charge in [0.25, 0.3) is 0 Å². The van der Waals surface area contributed by atoms with Gasteiger partial charge in [-0.3, -0.25) is 4.98 Å². The third-order valence-electron chi connectivity index (χ3n) is 7.32. The summed E-state index contributed by atoms with van der Waals surface area (Å²) < 4.78 is 1.90. The monoisotopic (exact) mass is 601 g/mol. The molecule has 2 atom stereocenters. The molecule has 1 fully saturated rings. The predicted octanol–water partition coefficient (Wildman–Crippen LogP) is 8.76. The largest absolute Gasteiger partial charge is 0.377 e. The Morgan fingerprint density at radius 2 is 1.83 bits per heavy atom. The second-order valence-corrected chi connectivity index (χ2v) is 11.3.